The molecule has 1 rings (SSSR count). The highest BCUT2D eigenvalue weighted by Crippen LogP contribution is 2.16. The van der Waals surface area contributed by atoms with E-state index in [2.05, 4.69) is 4.98 Å². The number of aromatic nitrogens is 1. The summed E-state index contributed by atoms with van der Waals surface area (Å²) in [5.74, 6) is -0.325. The average molecular weight is 234 g/mol. The van der Waals surface area contributed by atoms with Crippen LogP contribution in [0.25, 0.3) is 5.57 Å². The summed E-state index contributed by atoms with van der Waals surface area (Å²) in [4.78, 5) is 17.7. The summed E-state index contributed by atoms with van der Waals surface area (Å²) in [5, 5.41) is 0. The van der Waals surface area contributed by atoms with E-state index in [0.29, 0.717) is 12.2 Å². The Morgan fingerprint density at radius 2 is 2.18 bits per heavy atom. The molecule has 0 aromatic carbocycles. The van der Waals surface area contributed by atoms with Gasteiger partial charge in [0.05, 0.1) is 12.2 Å². The van der Waals surface area contributed by atoms with Crippen LogP contribution in [-0.4, -0.2) is 36.6 Å². The van der Waals surface area contributed by atoms with Crippen molar-refractivity contribution in [2.75, 3.05) is 20.7 Å². The number of hydrogen-bond acceptors (Lipinski definition) is 4. The molecule has 1 heterocycles. The third-order valence-corrected chi connectivity index (χ3v) is 2.07. The molecular weight excluding hydrogens is 216 g/mol. The number of pyridine rings is 1. The number of ether oxygens (including phenoxy) is 1. The minimum absolute atomic E-state index is 0.325. The van der Waals surface area contributed by atoms with Crippen LogP contribution in [0.1, 0.15) is 18.1 Å². The highest BCUT2D eigenvalue weighted by atomic mass is 16.5. The Kier molecular flexibility index (Phi) is 4.69. The van der Waals surface area contributed by atoms with Crippen LogP contribution in [0.2, 0.25) is 0 Å². The molecule has 0 saturated heterocycles. The minimum Gasteiger partial charge on any atom is -0.462 e. The van der Waals surface area contributed by atoms with Gasteiger partial charge in [-0.3, -0.25) is 4.98 Å². The topological polar surface area (TPSA) is 42.4 Å². The second kappa shape index (κ2) is 6.03. The van der Waals surface area contributed by atoms with Crippen molar-refractivity contribution in [2.24, 2.45) is 0 Å². The van der Waals surface area contributed by atoms with Gasteiger partial charge in [-0.05, 0) is 25.5 Å². The molecule has 17 heavy (non-hydrogen) atoms. The smallest absolute Gasteiger partial charge is 0.340 e. The van der Waals surface area contributed by atoms with Crippen LogP contribution in [0, 0.1) is 6.92 Å². The molecule has 0 aliphatic rings. The lowest BCUT2D eigenvalue weighted by atomic mass is 10.1. The summed E-state index contributed by atoms with van der Waals surface area (Å²) in [6.45, 7) is 4.09. The first-order chi connectivity index (χ1) is 8.04. The fourth-order valence-electron chi connectivity index (χ4n) is 1.41. The number of carbonyl (C=O) groups excluding carboxylic acids is 1. The maximum atomic E-state index is 11.8. The molecule has 0 fully saturated rings. The molecule has 0 aliphatic heterocycles. The zero-order valence-electron chi connectivity index (χ0n) is 10.7. The van der Waals surface area contributed by atoms with Gasteiger partial charge in [0.2, 0.25) is 0 Å². The van der Waals surface area contributed by atoms with E-state index >= 15 is 0 Å². The minimum atomic E-state index is -0.325. The molecule has 0 amide bonds. The van der Waals surface area contributed by atoms with Crippen molar-refractivity contribution in [3.05, 3.63) is 35.8 Å². The third-order valence-electron chi connectivity index (χ3n) is 2.07. The number of aryl methyl sites for hydroxylation is 1. The van der Waals surface area contributed by atoms with Gasteiger partial charge < -0.3 is 9.64 Å². The second-order valence-corrected chi connectivity index (χ2v) is 3.98. The summed E-state index contributed by atoms with van der Waals surface area (Å²) in [7, 11) is 3.73. The summed E-state index contributed by atoms with van der Waals surface area (Å²) >= 11 is 0. The monoisotopic (exact) mass is 234 g/mol. The van der Waals surface area contributed by atoms with Gasteiger partial charge in [-0.2, -0.15) is 0 Å². The molecule has 0 radical (unpaired) electrons. The first-order valence-electron chi connectivity index (χ1n) is 5.52. The number of carbonyl (C=O) groups is 1. The van der Waals surface area contributed by atoms with E-state index in [-0.39, 0.29) is 5.97 Å². The molecule has 0 aliphatic carbocycles. The summed E-state index contributed by atoms with van der Waals surface area (Å²) in [6, 6.07) is 1.92. The van der Waals surface area contributed by atoms with Gasteiger partial charge in [0.1, 0.15) is 0 Å². The quantitative estimate of drug-likeness (QED) is 0.589. The van der Waals surface area contributed by atoms with E-state index in [4.69, 9.17) is 4.74 Å². The van der Waals surface area contributed by atoms with Crippen molar-refractivity contribution < 1.29 is 9.53 Å². The van der Waals surface area contributed by atoms with Crippen LogP contribution in [0.5, 0.6) is 0 Å². The van der Waals surface area contributed by atoms with Crippen molar-refractivity contribution in [1.82, 2.24) is 9.88 Å². The largest absolute Gasteiger partial charge is 0.462 e. The van der Waals surface area contributed by atoms with Gasteiger partial charge in [0.15, 0.2) is 0 Å². The van der Waals surface area contributed by atoms with E-state index in [0.717, 1.165) is 11.1 Å². The van der Waals surface area contributed by atoms with E-state index in [9.17, 15) is 4.79 Å². The van der Waals surface area contributed by atoms with Gasteiger partial charge in [-0.25, -0.2) is 4.79 Å². The zero-order chi connectivity index (χ0) is 12.8. The summed E-state index contributed by atoms with van der Waals surface area (Å²) in [5.41, 5.74) is 2.31. The molecule has 0 unspecified atom stereocenters. The van der Waals surface area contributed by atoms with Crippen LogP contribution >= 0.6 is 0 Å². The van der Waals surface area contributed by atoms with Crippen LogP contribution in [-0.2, 0) is 9.53 Å². The van der Waals surface area contributed by atoms with Crippen LogP contribution < -0.4 is 0 Å². The fraction of sp³-hybridized carbons (Fsp3) is 0.385. The van der Waals surface area contributed by atoms with Gasteiger partial charge in [0, 0.05) is 38.3 Å². The first kappa shape index (κ1) is 13.2. The van der Waals surface area contributed by atoms with Crippen LogP contribution in [0.3, 0.4) is 0 Å². The first-order valence-corrected chi connectivity index (χ1v) is 5.52. The Labute approximate surface area is 102 Å². The lowest BCUT2D eigenvalue weighted by Gasteiger charge is -2.11. The predicted octanol–water partition coefficient (Wildman–Crippen LogP) is 1.86. The maximum Gasteiger partial charge on any atom is 0.340 e. The van der Waals surface area contributed by atoms with Gasteiger partial charge in [-0.1, -0.05) is 0 Å². The number of esters is 1. The van der Waals surface area contributed by atoms with Gasteiger partial charge >= 0.3 is 5.97 Å². The molecule has 0 saturated carbocycles. The van der Waals surface area contributed by atoms with E-state index in [1.807, 2.05) is 32.0 Å². The Morgan fingerprint density at radius 1 is 1.47 bits per heavy atom. The predicted molar refractivity (Wildman–Crippen MR) is 67.3 cm³/mol. The van der Waals surface area contributed by atoms with Gasteiger partial charge in [0.25, 0.3) is 0 Å². The molecule has 1 aromatic heterocycles. The molecule has 0 N–H and O–H groups in total. The van der Waals surface area contributed by atoms with Crippen LogP contribution in [0.15, 0.2) is 24.7 Å². The molecule has 0 spiro atoms. The normalized spacial score (nSPS) is 11.2. The van der Waals surface area contributed by atoms with Gasteiger partial charge in [-0.15, -0.1) is 0 Å². The molecule has 4 nitrogen and oxygen atoms in total. The molecule has 1 aromatic rings. The Hall–Kier alpha value is -1.84. The van der Waals surface area contributed by atoms with E-state index in [1.165, 1.54) is 0 Å². The average Bonchev–Trinajstić information content (AvgIpc) is 2.26. The Morgan fingerprint density at radius 3 is 2.71 bits per heavy atom. The zero-order valence-corrected chi connectivity index (χ0v) is 10.7. The standard InChI is InChI=1S/C13H18N2O2/c1-5-17-13(16)12(9-15(3)4)11-6-10(2)7-14-8-11/h6-9H,5H2,1-4H3/b12-9-. The van der Waals surface area contributed by atoms with Crippen LogP contribution in [0.4, 0.5) is 0 Å². The Bertz CT molecular complexity index is 425. The van der Waals surface area contributed by atoms with E-state index < -0.39 is 0 Å². The Balaban J connectivity index is 3.11. The SMILES string of the molecule is CCOC(=O)/C(=C\N(C)C)c1cncc(C)c1. The second-order valence-electron chi connectivity index (χ2n) is 3.98. The van der Waals surface area contributed by atoms with Crippen molar-refractivity contribution in [1.29, 1.82) is 0 Å². The summed E-state index contributed by atoms with van der Waals surface area (Å²) < 4.78 is 5.04. The molecule has 0 atom stereocenters. The van der Waals surface area contributed by atoms with Crippen molar-refractivity contribution in [3.63, 3.8) is 0 Å². The van der Waals surface area contributed by atoms with Crippen molar-refractivity contribution in [2.45, 2.75) is 13.8 Å². The molecule has 4 heteroatoms. The molecular formula is C13H18N2O2. The number of rotatable bonds is 4. The number of nitrogens with zero attached hydrogens (tertiary/aromatic N) is 2. The van der Waals surface area contributed by atoms with Crippen molar-refractivity contribution >= 4 is 11.5 Å². The highest BCUT2D eigenvalue weighted by Gasteiger charge is 2.14. The summed E-state index contributed by atoms with van der Waals surface area (Å²) in [6.07, 6.45) is 5.16. The lowest BCUT2D eigenvalue weighted by Crippen LogP contribution is -2.12. The third kappa shape index (κ3) is 3.90. The van der Waals surface area contributed by atoms with Crippen molar-refractivity contribution in [3.8, 4) is 0 Å². The molecule has 92 valence electrons. The highest BCUT2D eigenvalue weighted by molar-refractivity contribution is 6.16. The maximum absolute atomic E-state index is 11.8. The lowest BCUT2D eigenvalue weighted by molar-refractivity contribution is -0.136. The van der Waals surface area contributed by atoms with E-state index in [1.54, 1.807) is 25.5 Å². The molecule has 0 bridgehead atoms. The fourth-order valence-corrected chi connectivity index (χ4v) is 1.41. The number of hydrogen-bond donors (Lipinski definition) is 0.